The number of carbonyl (C=O) groups is 1. The zero-order valence-electron chi connectivity index (χ0n) is 15.2. The van der Waals surface area contributed by atoms with Crippen molar-refractivity contribution in [2.75, 3.05) is 19.5 Å². The average Bonchev–Trinajstić information content (AvgIpc) is 2.70. The molecule has 0 unspecified atom stereocenters. The lowest BCUT2D eigenvalue weighted by Gasteiger charge is -2.53. The molecule has 2 aromatic rings. The second kappa shape index (κ2) is 6.44. The first-order valence-corrected chi connectivity index (χ1v) is 9.22. The Morgan fingerprint density at radius 2 is 1.58 bits per heavy atom. The number of hydrogen-bond acceptors (Lipinski definition) is 4. The van der Waals surface area contributed by atoms with E-state index in [1.807, 2.05) is 24.3 Å². The number of nitrogens with two attached hydrogens (primary N) is 1. The lowest BCUT2D eigenvalue weighted by Crippen LogP contribution is -2.54. The molecule has 2 saturated heterocycles. The Labute approximate surface area is 154 Å². The minimum Gasteiger partial charge on any atom is -0.469 e. The normalized spacial score (nSPS) is 27.3. The summed E-state index contributed by atoms with van der Waals surface area (Å²) in [5.74, 6) is -0.174. The molecule has 4 heteroatoms. The van der Waals surface area contributed by atoms with Crippen LogP contribution in [-0.2, 0) is 19.7 Å². The predicted molar refractivity (Wildman–Crippen MR) is 102 cm³/mol. The Balaban J connectivity index is 1.51. The number of carbonyl (C=O) groups excluding carboxylic acids is 1. The predicted octanol–water partition coefficient (Wildman–Crippen LogP) is 4.08. The Kier molecular flexibility index (Phi) is 4.23. The number of methoxy groups -OCH3 is 1. The van der Waals surface area contributed by atoms with Crippen molar-refractivity contribution >= 4 is 11.7 Å². The molecule has 26 heavy (non-hydrogen) atoms. The largest absolute Gasteiger partial charge is 0.469 e. The molecule has 2 N–H and O–H groups in total. The molecule has 2 bridgehead atoms. The second-order valence-electron chi connectivity index (χ2n) is 7.70. The maximum Gasteiger partial charge on any atom is 0.308 e. The molecule has 0 radical (unpaired) electrons. The zero-order chi connectivity index (χ0) is 18.2. The van der Waals surface area contributed by atoms with E-state index in [4.69, 9.17) is 15.2 Å². The highest BCUT2D eigenvalue weighted by atomic mass is 16.5. The smallest absolute Gasteiger partial charge is 0.308 e. The van der Waals surface area contributed by atoms with Crippen LogP contribution in [0.2, 0.25) is 0 Å². The summed E-state index contributed by atoms with van der Waals surface area (Å²) in [5, 5.41) is 0. The molecule has 2 heterocycles. The summed E-state index contributed by atoms with van der Waals surface area (Å²) in [5.41, 5.74) is 10.0. The molecule has 0 atom stereocenters. The zero-order valence-corrected chi connectivity index (χ0v) is 15.2. The molecular weight excluding hydrogens is 326 g/mol. The van der Waals surface area contributed by atoms with Crippen LogP contribution in [0.25, 0.3) is 11.1 Å². The first-order valence-electron chi connectivity index (χ1n) is 9.22. The molecule has 2 aromatic carbocycles. The van der Waals surface area contributed by atoms with Gasteiger partial charge in [0.05, 0.1) is 25.7 Å². The number of nitrogen functional groups attached to an aromatic ring is 1. The van der Waals surface area contributed by atoms with E-state index < -0.39 is 0 Å². The van der Waals surface area contributed by atoms with E-state index in [9.17, 15) is 4.79 Å². The van der Waals surface area contributed by atoms with Gasteiger partial charge >= 0.3 is 5.97 Å². The summed E-state index contributed by atoms with van der Waals surface area (Å²) >= 11 is 0. The number of hydrogen-bond donors (Lipinski definition) is 1. The Morgan fingerprint density at radius 3 is 2.08 bits per heavy atom. The minimum atomic E-state index is -0.307. The molecule has 5 rings (SSSR count). The number of anilines is 1. The van der Waals surface area contributed by atoms with Crippen molar-refractivity contribution in [3.8, 4) is 11.1 Å². The summed E-state index contributed by atoms with van der Waals surface area (Å²) in [4.78, 5) is 11.7. The molecule has 1 aliphatic carbocycles. The average molecular weight is 351 g/mol. The van der Waals surface area contributed by atoms with E-state index in [2.05, 4.69) is 24.3 Å². The molecule has 3 aliphatic rings. The van der Waals surface area contributed by atoms with E-state index in [1.165, 1.54) is 23.8 Å². The number of rotatable bonds is 4. The van der Waals surface area contributed by atoms with Crippen molar-refractivity contribution < 1.29 is 14.3 Å². The maximum absolute atomic E-state index is 11.7. The highest BCUT2D eigenvalue weighted by Crippen LogP contribution is 2.51. The Bertz CT molecular complexity index is 771. The van der Waals surface area contributed by atoms with Gasteiger partial charge in [-0.1, -0.05) is 36.4 Å². The summed E-state index contributed by atoms with van der Waals surface area (Å²) in [6, 6.07) is 16.8. The van der Waals surface area contributed by atoms with E-state index in [0.29, 0.717) is 13.0 Å². The molecule has 1 saturated carbocycles. The quantitative estimate of drug-likeness (QED) is 0.666. The fourth-order valence-electron chi connectivity index (χ4n) is 4.39. The standard InChI is InChI=1S/C22H25NO3/c1-25-20(24)14-22-12-10-21(11-13-22,15-26-22)18-6-2-16(3-7-18)17-4-8-19(23)9-5-17/h2-9H,10-15,23H2,1H3. The monoisotopic (exact) mass is 351 g/mol. The Morgan fingerprint density at radius 1 is 1.00 bits per heavy atom. The van der Waals surface area contributed by atoms with Crippen LogP contribution >= 0.6 is 0 Å². The number of benzene rings is 2. The van der Waals surface area contributed by atoms with E-state index in [1.54, 1.807) is 0 Å². The molecule has 2 aliphatic heterocycles. The van der Waals surface area contributed by atoms with Crippen LogP contribution in [0.5, 0.6) is 0 Å². The van der Waals surface area contributed by atoms with Gasteiger partial charge in [0.1, 0.15) is 0 Å². The van der Waals surface area contributed by atoms with Crippen LogP contribution < -0.4 is 5.73 Å². The van der Waals surface area contributed by atoms with Gasteiger partial charge in [-0.25, -0.2) is 0 Å². The van der Waals surface area contributed by atoms with Gasteiger partial charge in [-0.2, -0.15) is 0 Å². The van der Waals surface area contributed by atoms with Crippen molar-refractivity contribution in [3.05, 3.63) is 54.1 Å². The summed E-state index contributed by atoms with van der Waals surface area (Å²) in [6.45, 7) is 0.686. The number of ether oxygens (including phenoxy) is 2. The van der Waals surface area contributed by atoms with E-state index in [0.717, 1.165) is 31.4 Å². The van der Waals surface area contributed by atoms with E-state index >= 15 is 0 Å². The van der Waals surface area contributed by atoms with Gasteiger partial charge in [-0.3, -0.25) is 4.79 Å². The van der Waals surface area contributed by atoms with Crippen LogP contribution in [0.15, 0.2) is 48.5 Å². The highest BCUT2D eigenvalue weighted by molar-refractivity contribution is 5.70. The van der Waals surface area contributed by atoms with Gasteiger partial charge in [0, 0.05) is 11.1 Å². The molecule has 3 fully saturated rings. The molecule has 136 valence electrons. The molecular formula is C22H25NO3. The van der Waals surface area contributed by atoms with Crippen molar-refractivity contribution in [3.63, 3.8) is 0 Å². The van der Waals surface area contributed by atoms with Gasteiger partial charge in [0.2, 0.25) is 0 Å². The highest BCUT2D eigenvalue weighted by Gasteiger charge is 2.51. The van der Waals surface area contributed by atoms with Crippen molar-refractivity contribution in [2.24, 2.45) is 0 Å². The van der Waals surface area contributed by atoms with Gasteiger partial charge in [-0.15, -0.1) is 0 Å². The molecule has 4 nitrogen and oxygen atoms in total. The molecule has 0 aromatic heterocycles. The third kappa shape index (κ3) is 2.99. The first-order chi connectivity index (χ1) is 12.5. The van der Waals surface area contributed by atoms with Crippen LogP contribution in [0.4, 0.5) is 5.69 Å². The van der Waals surface area contributed by atoms with Crippen LogP contribution in [0.3, 0.4) is 0 Å². The SMILES string of the molecule is COC(=O)CC12CCC(c3ccc(-c4ccc(N)cc4)cc3)(CC1)CO2. The van der Waals surface area contributed by atoms with Gasteiger partial charge in [0.15, 0.2) is 0 Å². The van der Waals surface area contributed by atoms with Gasteiger partial charge < -0.3 is 15.2 Å². The lowest BCUT2D eigenvalue weighted by atomic mass is 9.62. The number of esters is 1. The summed E-state index contributed by atoms with van der Waals surface area (Å²) in [6.07, 6.45) is 4.33. The fraction of sp³-hybridized carbons (Fsp3) is 0.409. The van der Waals surface area contributed by atoms with Crippen molar-refractivity contribution in [2.45, 2.75) is 43.1 Å². The topological polar surface area (TPSA) is 61.5 Å². The molecule has 0 amide bonds. The summed E-state index contributed by atoms with van der Waals surface area (Å²) in [7, 11) is 1.44. The van der Waals surface area contributed by atoms with Gasteiger partial charge in [0.25, 0.3) is 0 Å². The second-order valence-corrected chi connectivity index (χ2v) is 7.70. The third-order valence-electron chi connectivity index (χ3n) is 6.21. The number of fused-ring (bicyclic) bond motifs is 3. The van der Waals surface area contributed by atoms with Crippen molar-refractivity contribution in [1.29, 1.82) is 0 Å². The van der Waals surface area contributed by atoms with Crippen LogP contribution in [-0.4, -0.2) is 25.3 Å². The summed E-state index contributed by atoms with van der Waals surface area (Å²) < 4.78 is 11.1. The van der Waals surface area contributed by atoms with Gasteiger partial charge in [-0.05, 0) is 54.5 Å². The third-order valence-corrected chi connectivity index (χ3v) is 6.21. The fourth-order valence-corrected chi connectivity index (χ4v) is 4.39. The molecule has 0 spiro atoms. The first kappa shape index (κ1) is 17.1. The minimum absolute atomic E-state index is 0.0809. The van der Waals surface area contributed by atoms with E-state index in [-0.39, 0.29) is 17.0 Å². The van der Waals surface area contributed by atoms with Crippen molar-refractivity contribution in [1.82, 2.24) is 0 Å². The van der Waals surface area contributed by atoms with Crippen LogP contribution in [0.1, 0.15) is 37.7 Å². The maximum atomic E-state index is 11.7. The Hall–Kier alpha value is -2.33. The van der Waals surface area contributed by atoms with Crippen LogP contribution in [0, 0.1) is 0 Å². The lowest BCUT2D eigenvalue weighted by molar-refractivity contribution is -0.176.